The smallest absolute Gasteiger partial charge is 0.416 e. The van der Waals surface area contributed by atoms with Gasteiger partial charge in [0.05, 0.1) is 36.6 Å². The number of carbonyl (C=O) groups is 3. The lowest BCUT2D eigenvalue weighted by molar-refractivity contribution is -0.142. The Kier molecular flexibility index (Phi) is 13.9. The average molecular weight is 959 g/mol. The van der Waals surface area contributed by atoms with Crippen molar-refractivity contribution in [2.45, 2.75) is 121 Å². The second-order valence-electron chi connectivity index (χ2n) is 18.5. The minimum absolute atomic E-state index is 0.122. The molecule has 3 aliphatic rings. The van der Waals surface area contributed by atoms with E-state index in [9.17, 15) is 37.0 Å². The lowest BCUT2D eigenvalue weighted by Gasteiger charge is -2.36. The number of ether oxygens (including phenoxy) is 3. The van der Waals surface area contributed by atoms with Crippen molar-refractivity contribution in [1.29, 1.82) is 0 Å². The number of nitrogens with one attached hydrogen (secondary N) is 3. The third-order valence-electron chi connectivity index (χ3n) is 12.3. The first-order valence-electron chi connectivity index (χ1n) is 21.8. The second-order valence-corrected chi connectivity index (χ2v) is 21.9. The summed E-state index contributed by atoms with van der Waals surface area (Å²) in [6.45, 7) is 12.7. The van der Waals surface area contributed by atoms with Crippen LogP contribution in [0.3, 0.4) is 0 Å². The van der Waals surface area contributed by atoms with Crippen molar-refractivity contribution < 1.29 is 55.6 Å². The van der Waals surface area contributed by atoms with Gasteiger partial charge < -0.3 is 40.0 Å². The minimum Gasteiger partial charge on any atom is -0.497 e. The molecule has 0 bridgehead atoms. The largest absolute Gasteiger partial charge is 0.497 e. The van der Waals surface area contributed by atoms with Gasteiger partial charge in [0.1, 0.15) is 52.6 Å². The van der Waals surface area contributed by atoms with Crippen LogP contribution in [0.1, 0.15) is 84.3 Å². The first-order chi connectivity index (χ1) is 31.0. The number of amides is 3. The molecule has 1 saturated heterocycles. The first kappa shape index (κ1) is 48.7. The lowest BCUT2D eigenvalue weighted by Crippen LogP contribution is -2.58. The Bertz CT molecular complexity index is 2550. The van der Waals surface area contributed by atoms with Crippen LogP contribution < -0.4 is 25.4 Å². The molecule has 2 aliphatic carbocycles. The summed E-state index contributed by atoms with van der Waals surface area (Å²) in [7, 11) is -3.42. The number of likely N-dealkylation sites (tertiary alicyclic amines) is 1. The fourth-order valence-corrected chi connectivity index (χ4v) is 12.0. The number of carbonyl (C=O) groups excluding carboxylic acids is 3. The zero-order valence-corrected chi connectivity index (χ0v) is 39.2. The number of rotatable bonds is 15. The Labute approximate surface area is 384 Å². The van der Waals surface area contributed by atoms with Gasteiger partial charge in [-0.1, -0.05) is 32.9 Å². The van der Waals surface area contributed by atoms with Gasteiger partial charge in [0.15, 0.2) is 5.13 Å². The molecule has 7 rings (SSSR count). The highest BCUT2D eigenvalue weighted by Crippen LogP contribution is 2.71. The quantitative estimate of drug-likeness (QED) is 0.0507. The third-order valence-corrected chi connectivity index (χ3v) is 15.7. The Hall–Kier alpha value is -5.26. The van der Waals surface area contributed by atoms with Crippen molar-refractivity contribution in [3.63, 3.8) is 0 Å². The van der Waals surface area contributed by atoms with Crippen molar-refractivity contribution in [2.24, 2.45) is 11.3 Å². The zero-order chi connectivity index (χ0) is 47.9. The summed E-state index contributed by atoms with van der Waals surface area (Å²) in [6, 6.07) is 6.66. The number of fused-ring (bicyclic) bond motifs is 1. The molecule has 3 fully saturated rings. The van der Waals surface area contributed by atoms with Gasteiger partial charge in [-0.2, -0.15) is 13.2 Å². The number of hydrogen-bond donors (Lipinski definition) is 4. The van der Waals surface area contributed by atoms with Crippen molar-refractivity contribution in [3.05, 3.63) is 77.4 Å². The molecule has 356 valence electrons. The molecular formula is C46H55F4N6O8PS. The maximum atomic E-state index is 15.1. The monoisotopic (exact) mass is 958 g/mol. The minimum atomic E-state index is -5.04. The van der Waals surface area contributed by atoms with E-state index in [2.05, 4.69) is 22.5 Å². The summed E-state index contributed by atoms with van der Waals surface area (Å²) in [4.78, 5) is 65.4. The molecule has 14 nitrogen and oxygen atoms in total. The number of methoxy groups -OCH3 is 1. The Balaban J connectivity index is 1.24. The molecule has 2 saturated carbocycles. The van der Waals surface area contributed by atoms with Crippen molar-refractivity contribution in [1.82, 2.24) is 25.5 Å². The van der Waals surface area contributed by atoms with Crippen LogP contribution in [-0.2, 0) is 31.2 Å². The first-order valence-corrected chi connectivity index (χ1v) is 24.5. The summed E-state index contributed by atoms with van der Waals surface area (Å²) in [5, 5.41) is 9.71. The van der Waals surface area contributed by atoms with Crippen LogP contribution in [0.15, 0.2) is 60.5 Å². The molecule has 2 aromatic heterocycles. The number of alkyl carbamates (subject to hydrolysis) is 1. The van der Waals surface area contributed by atoms with Crippen LogP contribution in [0.25, 0.3) is 22.3 Å². The molecule has 3 amide bonds. The molecule has 2 unspecified atom stereocenters. The summed E-state index contributed by atoms with van der Waals surface area (Å²) < 4.78 is 89.5. The molecule has 4 aromatic rings. The van der Waals surface area contributed by atoms with Crippen LogP contribution in [0.5, 0.6) is 11.5 Å². The molecule has 3 heterocycles. The molecule has 0 spiro atoms. The Morgan fingerprint density at radius 1 is 1.08 bits per heavy atom. The number of anilines is 1. The van der Waals surface area contributed by atoms with Crippen molar-refractivity contribution >= 4 is 52.6 Å². The highest BCUT2D eigenvalue weighted by Gasteiger charge is 2.66. The lowest BCUT2D eigenvalue weighted by atomic mass is 9.85. The number of nitrogens with zero attached hydrogens (tertiary/aromatic N) is 3. The van der Waals surface area contributed by atoms with Gasteiger partial charge in [-0.3, -0.25) is 14.2 Å². The van der Waals surface area contributed by atoms with E-state index in [1.165, 1.54) is 29.4 Å². The zero-order valence-electron chi connectivity index (χ0n) is 37.5. The van der Waals surface area contributed by atoms with E-state index in [0.717, 1.165) is 25.0 Å². The van der Waals surface area contributed by atoms with E-state index in [4.69, 9.17) is 24.2 Å². The number of hydrogen-bond acceptors (Lipinski definition) is 11. The van der Waals surface area contributed by atoms with Crippen LogP contribution >= 0.6 is 18.7 Å². The second kappa shape index (κ2) is 18.8. The Morgan fingerprint density at radius 3 is 2.44 bits per heavy atom. The molecule has 0 radical (unpaired) electrons. The van der Waals surface area contributed by atoms with Gasteiger partial charge >= 0.3 is 12.3 Å². The molecule has 4 N–H and O–H groups in total. The normalized spacial score (nSPS) is 22.4. The SMILES string of the molecule is C=C[C@@H]1C[C@]1(NC(=O)[C@@H]1C[C@@H](Oc2cc(-c3csc(NC(C)C)n3)nc3cc(OC)ccc23)CN1C(=O)C(NC(=O)OC1CCCC1)C(C)(C)C)P(=O)(O)Cc1c(F)cccc1C(F)(F)F. The van der Waals surface area contributed by atoms with Crippen LogP contribution in [-0.4, -0.2) is 86.9 Å². The van der Waals surface area contributed by atoms with E-state index in [-0.39, 0.29) is 31.5 Å². The van der Waals surface area contributed by atoms with E-state index >= 15 is 4.39 Å². The maximum Gasteiger partial charge on any atom is 0.416 e. The fraction of sp³-hybridized carbons (Fsp3) is 0.500. The van der Waals surface area contributed by atoms with E-state index in [1.807, 2.05) is 19.2 Å². The third kappa shape index (κ3) is 10.3. The molecule has 2 aromatic carbocycles. The molecule has 6 atom stereocenters. The highest BCUT2D eigenvalue weighted by atomic mass is 32.1. The maximum absolute atomic E-state index is 15.1. The van der Waals surface area contributed by atoms with Crippen molar-refractivity contribution in [2.75, 3.05) is 19.0 Å². The van der Waals surface area contributed by atoms with Crippen molar-refractivity contribution in [3.8, 4) is 22.9 Å². The van der Waals surface area contributed by atoms with Gasteiger partial charge in [0, 0.05) is 46.8 Å². The van der Waals surface area contributed by atoms with Gasteiger partial charge in [0.25, 0.3) is 0 Å². The van der Waals surface area contributed by atoms with Gasteiger partial charge in [-0.25, -0.2) is 19.2 Å². The summed E-state index contributed by atoms with van der Waals surface area (Å²) in [6.07, 6.45) is -4.19. The Morgan fingerprint density at radius 2 is 1.80 bits per heavy atom. The predicted octanol–water partition coefficient (Wildman–Crippen LogP) is 9.27. The van der Waals surface area contributed by atoms with Crippen LogP contribution in [0.4, 0.5) is 27.5 Å². The molecule has 20 heteroatoms. The topological polar surface area (TPSA) is 181 Å². The highest BCUT2D eigenvalue weighted by molar-refractivity contribution is 7.59. The number of pyridine rings is 1. The fourth-order valence-electron chi connectivity index (χ4n) is 8.74. The van der Waals surface area contributed by atoms with Crippen LogP contribution in [0.2, 0.25) is 0 Å². The summed E-state index contributed by atoms with van der Waals surface area (Å²) in [5.74, 6) is -2.93. The number of benzene rings is 2. The van der Waals surface area contributed by atoms with E-state index in [0.29, 0.717) is 57.8 Å². The number of aromatic nitrogens is 2. The molecular weight excluding hydrogens is 904 g/mol. The standard InChI is InChI=1S/C46H55F4N6O8PS/c1-8-26-21-45(26,65(60,61)23-31-32(46(48,49)50)14-11-15-33(31)47)55-40(57)37-19-29(22-56(37)41(58)39(44(4,5)6)54-43(59)64-27-12-9-10-13-27)63-38-20-35(36-24-66-42(53-36)51-25(2)3)52-34-18-28(62-7)16-17-30(34)38/h8,11,14-18,20,24-27,29,37,39H,1,9-10,12-13,19,21-23H2,2-7H3,(H,51,53)(H,54,59)(H,55,57)(H,60,61)/t26-,29-,37+,39?,45+/m1/s1. The summed E-state index contributed by atoms with van der Waals surface area (Å²) in [5.41, 5.74) is -1.84. The number of alkyl halides is 3. The predicted molar refractivity (Wildman–Crippen MR) is 242 cm³/mol. The van der Waals surface area contributed by atoms with Crippen LogP contribution in [0, 0.1) is 17.2 Å². The number of thiazole rings is 1. The number of halogens is 4. The van der Waals surface area contributed by atoms with Gasteiger partial charge in [-0.15, -0.1) is 17.9 Å². The van der Waals surface area contributed by atoms with E-state index in [1.54, 1.807) is 45.0 Å². The van der Waals surface area contributed by atoms with E-state index < -0.39 is 89.4 Å². The molecule has 1 aliphatic heterocycles. The van der Waals surface area contributed by atoms with Gasteiger partial charge in [0.2, 0.25) is 19.2 Å². The molecule has 66 heavy (non-hydrogen) atoms. The summed E-state index contributed by atoms with van der Waals surface area (Å²) >= 11 is 1.40. The van der Waals surface area contributed by atoms with Gasteiger partial charge in [-0.05, 0) is 75.6 Å². The average Bonchev–Trinajstić information content (AvgIpc) is 3.63.